The third-order valence-corrected chi connectivity index (χ3v) is 12.9. The van der Waals surface area contributed by atoms with Crippen LogP contribution in [0.25, 0.3) is 22.3 Å². The van der Waals surface area contributed by atoms with Gasteiger partial charge in [-0.2, -0.15) is 0 Å². The van der Waals surface area contributed by atoms with Gasteiger partial charge in [0.15, 0.2) is 23.1 Å². The number of fused-ring (bicyclic) bond motifs is 5. The number of unbranched alkanes of at least 4 members (excludes halogenated alkanes) is 2. The molecule has 5 rings (SSSR count). The van der Waals surface area contributed by atoms with Crippen LogP contribution in [0.5, 0.6) is 11.5 Å². The van der Waals surface area contributed by atoms with Crippen LogP contribution in [0.2, 0.25) is 0 Å². The summed E-state index contributed by atoms with van der Waals surface area (Å²) in [6.45, 7) is 6.17. The van der Waals surface area contributed by atoms with E-state index in [0.29, 0.717) is 30.5 Å². The Balaban J connectivity index is 1.33. The summed E-state index contributed by atoms with van der Waals surface area (Å²) in [7, 11) is 1.42. The Morgan fingerprint density at radius 3 is 2.07 bits per heavy atom. The summed E-state index contributed by atoms with van der Waals surface area (Å²) in [6.07, 6.45) is 3.56. The zero-order valence-corrected chi connectivity index (χ0v) is 39.8. The highest BCUT2D eigenvalue weighted by Crippen LogP contribution is 2.40. The molecule has 0 saturated carbocycles. The molecule has 7 N–H and O–H groups in total. The number of ketones is 4. The highest BCUT2D eigenvalue weighted by molar-refractivity contribution is 6.00. The summed E-state index contributed by atoms with van der Waals surface area (Å²) in [5, 5.41) is 37.6. The molecule has 3 amide bonds. The predicted octanol–water partition coefficient (Wildman–Crippen LogP) is 6.59. The lowest BCUT2D eigenvalue weighted by atomic mass is 9.88. The summed E-state index contributed by atoms with van der Waals surface area (Å²) >= 11 is 0. The first kappa shape index (κ1) is 52.5. The zero-order valence-electron chi connectivity index (χ0n) is 39.8. The van der Waals surface area contributed by atoms with Crippen molar-refractivity contribution in [3.63, 3.8) is 0 Å². The van der Waals surface area contributed by atoms with Crippen molar-refractivity contribution >= 4 is 40.9 Å². The number of hydrogen-bond acceptors (Lipinski definition) is 11. The molecule has 14 heteroatoms. The lowest BCUT2D eigenvalue weighted by Crippen LogP contribution is -2.46. The Kier molecular flexibility index (Phi) is 18.9. The molecular weight excluding hydrogens is 865 g/mol. The molecule has 0 spiro atoms. The molecule has 0 saturated heterocycles. The second-order valence-electron chi connectivity index (χ2n) is 18.2. The Morgan fingerprint density at radius 2 is 1.46 bits per heavy atom. The van der Waals surface area contributed by atoms with Crippen LogP contribution in [0.4, 0.5) is 0 Å². The van der Waals surface area contributed by atoms with Gasteiger partial charge in [0.05, 0.1) is 24.6 Å². The van der Waals surface area contributed by atoms with E-state index < -0.39 is 71.8 Å². The number of benzene rings is 4. The van der Waals surface area contributed by atoms with Gasteiger partial charge < -0.3 is 36.6 Å². The number of Topliss-reactive ketones (excluding diaryl/α,β-unsaturated/α-hetero) is 4. The number of carbonyl (C=O) groups is 7. The minimum Gasteiger partial charge on any atom is -0.507 e. The molecule has 0 aliphatic carbocycles. The molecule has 4 bridgehead atoms. The number of aliphatic hydroxyl groups is 1. The van der Waals surface area contributed by atoms with Crippen molar-refractivity contribution in [3.8, 4) is 33.8 Å². The van der Waals surface area contributed by atoms with Crippen LogP contribution >= 0.6 is 0 Å². The van der Waals surface area contributed by atoms with Gasteiger partial charge in [-0.25, -0.2) is 0 Å². The fourth-order valence-corrected chi connectivity index (χ4v) is 8.61. The molecule has 0 aromatic heterocycles. The van der Waals surface area contributed by atoms with Gasteiger partial charge in [0.2, 0.25) is 17.7 Å². The first-order valence-corrected chi connectivity index (χ1v) is 23.6. The van der Waals surface area contributed by atoms with E-state index in [1.807, 2.05) is 24.3 Å². The van der Waals surface area contributed by atoms with Crippen molar-refractivity contribution in [1.29, 1.82) is 0 Å². The van der Waals surface area contributed by atoms with Crippen LogP contribution in [-0.2, 0) is 41.6 Å². The van der Waals surface area contributed by atoms with Gasteiger partial charge in [0, 0.05) is 54.8 Å². The molecule has 14 nitrogen and oxygen atoms in total. The number of hydrogen-bond donors (Lipinski definition) is 6. The molecule has 1 aliphatic rings. The van der Waals surface area contributed by atoms with Crippen molar-refractivity contribution in [2.75, 3.05) is 20.2 Å². The summed E-state index contributed by atoms with van der Waals surface area (Å²) < 4.78 is 0. The largest absolute Gasteiger partial charge is 0.507 e. The van der Waals surface area contributed by atoms with E-state index in [4.69, 9.17) is 5.73 Å². The topological polar surface area (TPSA) is 233 Å². The molecule has 0 fully saturated rings. The lowest BCUT2D eigenvalue weighted by molar-refractivity contribution is -0.144. The van der Waals surface area contributed by atoms with Crippen molar-refractivity contribution in [2.24, 2.45) is 23.5 Å². The number of phenols is 2. The molecule has 0 unspecified atom stereocenters. The van der Waals surface area contributed by atoms with Crippen molar-refractivity contribution in [1.82, 2.24) is 15.5 Å². The zero-order chi connectivity index (χ0) is 49.7. The molecule has 6 atom stereocenters. The highest BCUT2D eigenvalue weighted by atomic mass is 16.3. The minimum atomic E-state index is -1.32. The number of aromatic hydroxyl groups is 2. The number of phenolic OH excluding ortho intramolecular Hbond substituents is 2. The molecule has 1 aliphatic heterocycles. The Labute approximate surface area is 398 Å². The molecule has 0 radical (unpaired) electrons. The van der Waals surface area contributed by atoms with Crippen LogP contribution in [0.3, 0.4) is 0 Å². The van der Waals surface area contributed by atoms with Gasteiger partial charge in [0.25, 0.3) is 0 Å². The fraction of sp³-hybridized carbons (Fsp3) is 0.426. The summed E-state index contributed by atoms with van der Waals surface area (Å²) in [5.41, 5.74) is 10.6. The van der Waals surface area contributed by atoms with E-state index in [9.17, 15) is 48.9 Å². The van der Waals surface area contributed by atoms with Crippen molar-refractivity contribution < 1.29 is 48.9 Å². The molecule has 68 heavy (non-hydrogen) atoms. The van der Waals surface area contributed by atoms with Gasteiger partial charge >= 0.3 is 0 Å². The first-order valence-electron chi connectivity index (χ1n) is 23.6. The van der Waals surface area contributed by atoms with Crippen molar-refractivity contribution in [2.45, 2.75) is 110 Å². The molecule has 1 heterocycles. The maximum atomic E-state index is 14.6. The highest BCUT2D eigenvalue weighted by Gasteiger charge is 2.37. The number of rotatable bonds is 20. The normalized spacial score (nSPS) is 17.5. The van der Waals surface area contributed by atoms with E-state index in [1.54, 1.807) is 31.2 Å². The Morgan fingerprint density at radius 1 is 0.824 bits per heavy atom. The number of amides is 3. The number of aryl methyl sites for hydroxylation is 1. The SMILES string of the molecule is CCCCc1ccc(-c2ccc(C(=O)C[C@H](CO)C(=O)N[C@H](C)C(=O)C[C@@H](CCCCN)C(=O)N(C)[C@@H]3C(=O)C[C@@H](C)C(=O)N[C@H](C(C)=O)Cc4ccc(O)c(c4)-c4cc3ccc4O)cc2)cc1. The van der Waals surface area contributed by atoms with E-state index in [2.05, 4.69) is 29.7 Å². The Hall–Kier alpha value is -6.51. The average Bonchev–Trinajstić information content (AvgIpc) is 3.32. The van der Waals surface area contributed by atoms with Crippen LogP contribution in [0.1, 0.15) is 112 Å². The second kappa shape index (κ2) is 24.5. The number of likely N-dealkylation sites (N-methyl/N-ethyl adjacent to an activating group) is 1. The number of carbonyl (C=O) groups excluding carboxylic acids is 7. The van der Waals surface area contributed by atoms with Gasteiger partial charge in [-0.3, -0.25) is 33.6 Å². The fourth-order valence-electron chi connectivity index (χ4n) is 8.61. The lowest BCUT2D eigenvalue weighted by Gasteiger charge is -2.32. The minimum absolute atomic E-state index is 0.0916. The summed E-state index contributed by atoms with van der Waals surface area (Å²) in [4.78, 5) is 97.1. The third kappa shape index (κ3) is 13.6. The van der Waals surface area contributed by atoms with Gasteiger partial charge in [0.1, 0.15) is 17.5 Å². The van der Waals surface area contributed by atoms with Gasteiger partial charge in [-0.05, 0) is 105 Å². The number of nitrogens with zero attached hydrogens (tertiary/aromatic N) is 1. The monoisotopic (exact) mass is 930 g/mol. The molecule has 362 valence electrons. The number of nitrogens with two attached hydrogens (primary N) is 1. The van der Waals surface area contributed by atoms with E-state index in [1.165, 1.54) is 55.6 Å². The van der Waals surface area contributed by atoms with Gasteiger partial charge in [-0.15, -0.1) is 0 Å². The first-order chi connectivity index (χ1) is 32.4. The maximum Gasteiger partial charge on any atom is 0.226 e. The number of aliphatic hydroxyl groups excluding tert-OH is 1. The second-order valence-corrected chi connectivity index (χ2v) is 18.2. The number of nitrogens with one attached hydrogen (secondary N) is 2. The van der Waals surface area contributed by atoms with E-state index >= 15 is 0 Å². The smallest absolute Gasteiger partial charge is 0.226 e. The third-order valence-electron chi connectivity index (χ3n) is 12.9. The van der Waals surface area contributed by atoms with Crippen LogP contribution in [-0.4, -0.2) is 93.4 Å². The summed E-state index contributed by atoms with van der Waals surface area (Å²) in [5.74, 6) is -7.01. The van der Waals surface area contributed by atoms with Crippen LogP contribution in [0.15, 0.2) is 84.9 Å². The molecule has 4 aromatic carbocycles. The van der Waals surface area contributed by atoms with E-state index in [-0.39, 0.29) is 71.9 Å². The molecular formula is C54H66N4O10. The standard InChI is InChI=1S/C54H66N4O10/c1-6-7-10-35-12-15-37(16-13-35)38-17-19-39(20-18-38)49(64)30-42(31-59)53(67)56-33(3)48(63)29-41(11-8-9-24-55)54(68)58(5)51-40-21-23-47(62)44(28-40)43-26-36(14-22-46(43)61)27-45(34(4)60)57-52(66)32(2)25-50(51)65/h12-23,26,28,32-33,41-42,45,51,59,61-62H,6-11,24-25,27,29-31,55H2,1-5H3,(H,56,67)(H,57,66)/t32-,33-,41-,42-,45+,51+/m1/s1. The Bertz CT molecular complexity index is 2450. The van der Waals surface area contributed by atoms with Crippen molar-refractivity contribution in [3.05, 3.63) is 107 Å². The van der Waals surface area contributed by atoms with Crippen LogP contribution in [0, 0.1) is 17.8 Å². The van der Waals surface area contributed by atoms with Gasteiger partial charge in [-0.1, -0.05) is 87.4 Å². The van der Waals surface area contributed by atoms with E-state index in [0.717, 1.165) is 30.4 Å². The predicted molar refractivity (Wildman–Crippen MR) is 259 cm³/mol. The average molecular weight is 931 g/mol. The maximum absolute atomic E-state index is 14.6. The summed E-state index contributed by atoms with van der Waals surface area (Å²) in [6, 6.07) is 20.9. The molecule has 4 aromatic rings. The quantitative estimate of drug-likeness (QED) is 0.0409. The van der Waals surface area contributed by atoms with Crippen LogP contribution < -0.4 is 16.4 Å².